The van der Waals surface area contributed by atoms with Gasteiger partial charge in [-0.3, -0.25) is 0 Å². The Bertz CT molecular complexity index is 1460. The van der Waals surface area contributed by atoms with Gasteiger partial charge in [-0.25, -0.2) is 18.0 Å². The average Bonchev–Trinajstić information content (AvgIpc) is 3.36. The second-order valence-electron chi connectivity index (χ2n) is 10.0. The molecule has 1 heterocycles. The smallest absolute Gasteiger partial charge is 0.479 e. The van der Waals surface area contributed by atoms with Crippen molar-refractivity contribution in [3.63, 3.8) is 0 Å². The first-order valence-corrected chi connectivity index (χ1v) is 13.1. The molecule has 2 aliphatic rings. The normalized spacial score (nSPS) is 21.4. The van der Waals surface area contributed by atoms with E-state index in [1.165, 1.54) is 0 Å². The number of carboxylic acids is 1. The first-order valence-electron chi connectivity index (χ1n) is 13.1. The molecule has 0 saturated carbocycles. The standard InChI is InChI=1S/C33H24BF3O4/c35-27-21-31(37,30(38)39)22-28(36)29(27)34-40-32(23-13-5-1-6-14-23,24-15-7-2-8-16-24)33(41-34,25-17-9-3-10-18-25)26-19-11-4-12-20-26/h1-21H,22H2,(H,38,39). The van der Waals surface area contributed by atoms with E-state index in [1.807, 2.05) is 121 Å². The maximum Gasteiger partial charge on any atom is 0.501 e. The number of alkyl halides is 1. The minimum absolute atomic E-state index is 0.276. The minimum Gasteiger partial charge on any atom is -0.479 e. The summed E-state index contributed by atoms with van der Waals surface area (Å²) >= 11 is 0. The molecule has 0 bridgehead atoms. The van der Waals surface area contributed by atoms with Gasteiger partial charge in [0.2, 0.25) is 5.67 Å². The molecule has 204 valence electrons. The highest BCUT2D eigenvalue weighted by Gasteiger charge is 2.67. The van der Waals surface area contributed by atoms with Crippen molar-refractivity contribution in [2.24, 2.45) is 0 Å². The lowest BCUT2D eigenvalue weighted by Crippen LogP contribution is -2.48. The fourth-order valence-corrected chi connectivity index (χ4v) is 5.90. The molecule has 0 aromatic heterocycles. The average molecular weight is 552 g/mol. The van der Waals surface area contributed by atoms with Crippen LogP contribution in [0.2, 0.25) is 0 Å². The zero-order valence-electron chi connectivity index (χ0n) is 21.7. The first-order chi connectivity index (χ1) is 19.8. The first kappa shape index (κ1) is 26.8. The van der Waals surface area contributed by atoms with Gasteiger partial charge in [0.15, 0.2) is 0 Å². The maximum absolute atomic E-state index is 15.7. The molecule has 4 nitrogen and oxygen atoms in total. The molecule has 41 heavy (non-hydrogen) atoms. The van der Waals surface area contributed by atoms with Crippen LogP contribution < -0.4 is 0 Å². The van der Waals surface area contributed by atoms with Gasteiger partial charge in [0.05, 0.1) is 0 Å². The Labute approximate surface area is 235 Å². The molecular formula is C33H24BF3O4. The molecule has 1 aliphatic heterocycles. The summed E-state index contributed by atoms with van der Waals surface area (Å²) < 4.78 is 59.8. The number of rotatable bonds is 6. The number of halogens is 3. The van der Waals surface area contributed by atoms with E-state index < -0.39 is 53.5 Å². The van der Waals surface area contributed by atoms with Gasteiger partial charge in [-0.1, -0.05) is 121 Å². The summed E-state index contributed by atoms with van der Waals surface area (Å²) in [7, 11) is -1.68. The lowest BCUT2D eigenvalue weighted by molar-refractivity contribution is -0.147. The predicted molar refractivity (Wildman–Crippen MR) is 149 cm³/mol. The van der Waals surface area contributed by atoms with Gasteiger partial charge in [0, 0.05) is 11.9 Å². The third-order valence-corrected chi connectivity index (χ3v) is 7.69. The van der Waals surface area contributed by atoms with E-state index in [0.29, 0.717) is 22.3 Å². The molecule has 1 saturated heterocycles. The molecule has 0 amide bonds. The number of hydrogen-bond donors (Lipinski definition) is 1. The van der Waals surface area contributed by atoms with Crippen molar-refractivity contribution in [1.29, 1.82) is 0 Å². The fourth-order valence-electron chi connectivity index (χ4n) is 5.90. The zero-order valence-corrected chi connectivity index (χ0v) is 21.7. The Balaban J connectivity index is 1.69. The molecule has 8 heteroatoms. The van der Waals surface area contributed by atoms with Crippen LogP contribution in [0.1, 0.15) is 28.7 Å². The van der Waals surface area contributed by atoms with E-state index in [2.05, 4.69) is 0 Å². The highest BCUT2D eigenvalue weighted by atomic mass is 19.2. The summed E-state index contributed by atoms with van der Waals surface area (Å²) in [6.07, 6.45) is -0.917. The van der Waals surface area contributed by atoms with Crippen molar-refractivity contribution in [3.05, 3.63) is 167 Å². The number of allylic oxidation sites excluding steroid dienone is 3. The monoisotopic (exact) mass is 552 g/mol. The van der Waals surface area contributed by atoms with Crippen LogP contribution in [-0.4, -0.2) is 23.9 Å². The van der Waals surface area contributed by atoms with E-state index in [1.54, 1.807) is 0 Å². The van der Waals surface area contributed by atoms with E-state index in [-0.39, 0.29) is 6.08 Å². The van der Waals surface area contributed by atoms with E-state index >= 15 is 8.78 Å². The van der Waals surface area contributed by atoms with Gasteiger partial charge in [0.25, 0.3) is 0 Å². The number of carboxylic acid groups (broad SMARTS) is 1. The Hall–Kier alpha value is -4.40. The second kappa shape index (κ2) is 10.2. The molecule has 1 atom stereocenters. The van der Waals surface area contributed by atoms with Gasteiger partial charge < -0.3 is 14.4 Å². The summed E-state index contributed by atoms with van der Waals surface area (Å²) in [6.45, 7) is 0. The van der Waals surface area contributed by atoms with Crippen LogP contribution in [0.15, 0.2) is 145 Å². The largest absolute Gasteiger partial charge is 0.501 e. The molecule has 0 radical (unpaired) electrons. The molecule has 4 aromatic carbocycles. The van der Waals surface area contributed by atoms with Gasteiger partial charge in [-0.05, 0) is 28.3 Å². The lowest BCUT2D eigenvalue weighted by Gasteiger charge is -2.46. The SMILES string of the molecule is O=C(O)C1(F)C=C(F)C(B2OC(c3ccccc3)(c3ccccc3)C(c3ccccc3)(c3ccccc3)O2)=C(F)C1. The molecule has 1 aliphatic carbocycles. The topological polar surface area (TPSA) is 55.8 Å². The van der Waals surface area contributed by atoms with E-state index in [4.69, 9.17) is 9.31 Å². The van der Waals surface area contributed by atoms with Crippen LogP contribution in [0.4, 0.5) is 13.2 Å². The predicted octanol–water partition coefficient (Wildman–Crippen LogP) is 7.22. The third kappa shape index (κ3) is 4.14. The Morgan fingerprint density at radius 2 is 1.00 bits per heavy atom. The number of hydrogen-bond acceptors (Lipinski definition) is 3. The molecule has 1 fully saturated rings. The summed E-state index contributed by atoms with van der Waals surface area (Å²) in [4.78, 5) is 11.5. The minimum atomic E-state index is -3.23. The highest BCUT2D eigenvalue weighted by molar-refractivity contribution is 6.56. The van der Waals surface area contributed by atoms with Gasteiger partial charge in [-0.15, -0.1) is 0 Å². The van der Waals surface area contributed by atoms with Gasteiger partial charge in [0.1, 0.15) is 22.9 Å². The van der Waals surface area contributed by atoms with Crippen molar-refractivity contribution in [2.45, 2.75) is 23.3 Å². The fraction of sp³-hybridized carbons (Fsp3) is 0.121. The van der Waals surface area contributed by atoms with Gasteiger partial charge >= 0.3 is 13.1 Å². The van der Waals surface area contributed by atoms with E-state index in [0.717, 1.165) is 0 Å². The van der Waals surface area contributed by atoms with Crippen molar-refractivity contribution in [2.75, 3.05) is 0 Å². The maximum atomic E-state index is 15.7. The van der Waals surface area contributed by atoms with Crippen molar-refractivity contribution >= 4 is 13.1 Å². The van der Waals surface area contributed by atoms with Crippen molar-refractivity contribution < 1.29 is 32.4 Å². The second-order valence-corrected chi connectivity index (χ2v) is 10.0. The Morgan fingerprint density at radius 1 is 0.659 bits per heavy atom. The molecule has 1 unspecified atom stereocenters. The number of benzene rings is 4. The molecule has 4 aromatic rings. The molecular weight excluding hydrogens is 528 g/mol. The highest BCUT2D eigenvalue weighted by Crippen LogP contribution is 2.60. The van der Waals surface area contributed by atoms with Crippen molar-refractivity contribution in [3.8, 4) is 0 Å². The van der Waals surface area contributed by atoms with Crippen LogP contribution in [0.3, 0.4) is 0 Å². The summed E-state index contributed by atoms with van der Waals surface area (Å²) in [6, 6.07) is 36.9. The molecule has 0 spiro atoms. The van der Waals surface area contributed by atoms with Crippen LogP contribution >= 0.6 is 0 Å². The summed E-state index contributed by atoms with van der Waals surface area (Å²) in [5.41, 5.74) is -4.34. The number of carbonyl (C=O) groups is 1. The molecule has 1 N–H and O–H groups in total. The van der Waals surface area contributed by atoms with Crippen LogP contribution in [0.25, 0.3) is 0 Å². The van der Waals surface area contributed by atoms with Crippen LogP contribution in [0, 0.1) is 0 Å². The van der Waals surface area contributed by atoms with Gasteiger partial charge in [-0.2, -0.15) is 0 Å². The molecule has 6 rings (SSSR count). The zero-order chi connectivity index (χ0) is 28.7. The van der Waals surface area contributed by atoms with Crippen LogP contribution in [-0.2, 0) is 25.3 Å². The van der Waals surface area contributed by atoms with Crippen LogP contribution in [0.5, 0.6) is 0 Å². The number of aliphatic carboxylic acids is 1. The Morgan fingerprint density at radius 3 is 1.29 bits per heavy atom. The Kier molecular flexibility index (Phi) is 6.68. The lowest BCUT2D eigenvalue weighted by atomic mass is 9.66. The third-order valence-electron chi connectivity index (χ3n) is 7.69. The quantitative estimate of drug-likeness (QED) is 0.257. The van der Waals surface area contributed by atoms with Crippen molar-refractivity contribution in [1.82, 2.24) is 0 Å². The summed E-state index contributed by atoms with van der Waals surface area (Å²) in [5, 5.41) is 9.31. The van der Waals surface area contributed by atoms with E-state index in [9.17, 15) is 14.3 Å². The summed E-state index contributed by atoms with van der Waals surface area (Å²) in [5.74, 6) is -4.68.